The molecule has 0 aromatic heterocycles. The van der Waals surface area contributed by atoms with Gasteiger partial charge in [0.2, 0.25) is 0 Å². The normalized spacial score (nSPS) is 11.1. The van der Waals surface area contributed by atoms with Gasteiger partial charge in [-0.1, -0.05) is 109 Å². The molecule has 0 unspecified atom stereocenters. The molecule has 31 heavy (non-hydrogen) atoms. The van der Waals surface area contributed by atoms with Gasteiger partial charge in [-0.25, -0.2) is 0 Å². The van der Waals surface area contributed by atoms with E-state index in [0.29, 0.717) is 0 Å². The minimum Gasteiger partial charge on any atom is -0.0622 e. The molecule has 0 aliphatic heterocycles. The van der Waals surface area contributed by atoms with Crippen molar-refractivity contribution in [2.24, 2.45) is 0 Å². The van der Waals surface area contributed by atoms with Crippen LogP contribution in [0.2, 0.25) is 0 Å². The molecule has 0 nitrogen and oxygen atoms in total. The fraction of sp³-hybridized carbons (Fsp3) is 0.0968. The number of benzene rings is 5. The predicted molar refractivity (Wildman–Crippen MR) is 134 cm³/mol. The van der Waals surface area contributed by atoms with Crippen LogP contribution >= 0.6 is 0 Å². The van der Waals surface area contributed by atoms with Crippen LogP contribution in [-0.2, 0) is 0 Å². The van der Waals surface area contributed by atoms with Gasteiger partial charge < -0.3 is 0 Å². The molecule has 0 aliphatic carbocycles. The van der Waals surface area contributed by atoms with E-state index in [4.69, 9.17) is 0 Å². The molecule has 0 saturated carbocycles. The Hall–Kier alpha value is -3.64. The van der Waals surface area contributed by atoms with Crippen molar-refractivity contribution in [3.05, 3.63) is 120 Å². The van der Waals surface area contributed by atoms with Crippen LogP contribution in [0.3, 0.4) is 0 Å². The monoisotopic (exact) mass is 398 g/mol. The zero-order chi connectivity index (χ0) is 21.4. The van der Waals surface area contributed by atoms with Crippen molar-refractivity contribution in [1.29, 1.82) is 0 Å². The smallest absolute Gasteiger partial charge is 0.00204 e. The van der Waals surface area contributed by atoms with Gasteiger partial charge >= 0.3 is 0 Å². The zero-order valence-electron chi connectivity index (χ0n) is 18.3. The zero-order valence-corrected chi connectivity index (χ0v) is 18.3. The van der Waals surface area contributed by atoms with E-state index in [9.17, 15) is 0 Å². The van der Waals surface area contributed by atoms with Gasteiger partial charge in [0.1, 0.15) is 0 Å². The summed E-state index contributed by atoms with van der Waals surface area (Å²) in [4.78, 5) is 0. The third-order valence-corrected chi connectivity index (χ3v) is 6.16. The predicted octanol–water partition coefficient (Wildman–Crippen LogP) is 8.77. The number of rotatable bonds is 3. The second-order valence-corrected chi connectivity index (χ2v) is 8.39. The summed E-state index contributed by atoms with van der Waals surface area (Å²) in [5.74, 6) is 0. The Morgan fingerprint density at radius 2 is 1.00 bits per heavy atom. The Balaban J connectivity index is 1.92. The first-order valence-electron chi connectivity index (χ1n) is 10.9. The summed E-state index contributed by atoms with van der Waals surface area (Å²) in [6.45, 7) is 6.64. The second-order valence-electron chi connectivity index (χ2n) is 8.39. The quantitative estimate of drug-likeness (QED) is 0.285. The highest BCUT2D eigenvalue weighted by Crippen LogP contribution is 2.42. The molecule has 0 radical (unpaired) electrons. The van der Waals surface area contributed by atoms with Crippen LogP contribution in [0.15, 0.2) is 103 Å². The van der Waals surface area contributed by atoms with Crippen LogP contribution in [0, 0.1) is 20.8 Å². The van der Waals surface area contributed by atoms with E-state index in [2.05, 4.69) is 124 Å². The molecule has 0 fully saturated rings. The summed E-state index contributed by atoms with van der Waals surface area (Å²) in [5.41, 5.74) is 11.7. The van der Waals surface area contributed by atoms with Gasteiger partial charge in [0.25, 0.3) is 0 Å². The number of hydrogen-bond donors (Lipinski definition) is 0. The van der Waals surface area contributed by atoms with Crippen LogP contribution in [0.5, 0.6) is 0 Å². The molecule has 5 aromatic carbocycles. The Bertz CT molecular complexity index is 1350. The summed E-state index contributed by atoms with van der Waals surface area (Å²) < 4.78 is 0. The summed E-state index contributed by atoms with van der Waals surface area (Å²) in [5, 5.41) is 2.62. The number of fused-ring (bicyclic) bond motifs is 1. The first kappa shape index (κ1) is 19.3. The maximum absolute atomic E-state index is 2.32. The highest BCUT2D eigenvalue weighted by Gasteiger charge is 2.16. The molecular weight excluding hydrogens is 372 g/mol. The van der Waals surface area contributed by atoms with Crippen molar-refractivity contribution in [3.8, 4) is 33.4 Å². The lowest BCUT2D eigenvalue weighted by Gasteiger charge is -2.19. The fourth-order valence-electron chi connectivity index (χ4n) is 4.95. The minimum atomic E-state index is 1.25. The van der Waals surface area contributed by atoms with Crippen molar-refractivity contribution in [2.45, 2.75) is 20.8 Å². The van der Waals surface area contributed by atoms with Gasteiger partial charge in [0.15, 0.2) is 0 Å². The van der Waals surface area contributed by atoms with Crippen LogP contribution in [0.25, 0.3) is 44.2 Å². The van der Waals surface area contributed by atoms with Crippen molar-refractivity contribution in [2.75, 3.05) is 0 Å². The van der Waals surface area contributed by atoms with Gasteiger partial charge in [-0.2, -0.15) is 0 Å². The van der Waals surface area contributed by atoms with Crippen LogP contribution in [0.4, 0.5) is 0 Å². The summed E-state index contributed by atoms with van der Waals surface area (Å²) in [6, 6.07) is 37.4. The second kappa shape index (κ2) is 7.89. The molecule has 0 bridgehead atoms. The van der Waals surface area contributed by atoms with Gasteiger partial charge in [-0.05, 0) is 76.1 Å². The SMILES string of the molecule is Cc1cc(C)c(-c2ccc(-c3ccccc3)c3cccc(-c4ccccc4)c23)c(C)c1. The Morgan fingerprint density at radius 3 is 1.61 bits per heavy atom. The third-order valence-electron chi connectivity index (χ3n) is 6.16. The molecule has 0 atom stereocenters. The van der Waals surface area contributed by atoms with E-state index in [1.54, 1.807) is 0 Å². The van der Waals surface area contributed by atoms with Gasteiger partial charge in [-0.15, -0.1) is 0 Å². The Labute approximate surface area is 184 Å². The molecule has 0 saturated heterocycles. The van der Waals surface area contributed by atoms with Gasteiger partial charge in [-0.3, -0.25) is 0 Å². The summed E-state index contributed by atoms with van der Waals surface area (Å²) in [6.07, 6.45) is 0. The van der Waals surface area contributed by atoms with E-state index in [1.165, 1.54) is 60.8 Å². The largest absolute Gasteiger partial charge is 0.0622 e. The fourth-order valence-corrected chi connectivity index (χ4v) is 4.95. The molecule has 0 N–H and O–H groups in total. The number of hydrogen-bond acceptors (Lipinski definition) is 0. The molecule has 5 aromatic rings. The van der Waals surface area contributed by atoms with E-state index < -0.39 is 0 Å². The lowest BCUT2D eigenvalue weighted by molar-refractivity contribution is 1.32. The lowest BCUT2D eigenvalue weighted by atomic mass is 9.85. The van der Waals surface area contributed by atoms with E-state index in [1.807, 2.05) is 0 Å². The minimum absolute atomic E-state index is 1.25. The highest BCUT2D eigenvalue weighted by atomic mass is 14.2. The topological polar surface area (TPSA) is 0 Å². The van der Waals surface area contributed by atoms with Crippen molar-refractivity contribution >= 4 is 10.8 Å². The average Bonchev–Trinajstić information content (AvgIpc) is 2.79. The Kier molecular flexibility index (Phi) is 4.92. The molecule has 0 amide bonds. The van der Waals surface area contributed by atoms with Crippen LogP contribution in [-0.4, -0.2) is 0 Å². The highest BCUT2D eigenvalue weighted by molar-refractivity contribution is 6.12. The van der Waals surface area contributed by atoms with Gasteiger partial charge in [0.05, 0.1) is 0 Å². The third kappa shape index (κ3) is 3.45. The summed E-state index contributed by atoms with van der Waals surface area (Å²) >= 11 is 0. The maximum Gasteiger partial charge on any atom is -0.00204 e. The lowest BCUT2D eigenvalue weighted by Crippen LogP contribution is -1.94. The molecule has 0 aliphatic rings. The molecular formula is C31H26. The molecule has 0 spiro atoms. The van der Waals surface area contributed by atoms with Crippen molar-refractivity contribution in [1.82, 2.24) is 0 Å². The van der Waals surface area contributed by atoms with Crippen LogP contribution in [0.1, 0.15) is 16.7 Å². The van der Waals surface area contributed by atoms with E-state index >= 15 is 0 Å². The first-order valence-corrected chi connectivity index (χ1v) is 10.9. The van der Waals surface area contributed by atoms with Gasteiger partial charge in [0, 0.05) is 0 Å². The maximum atomic E-state index is 2.32. The van der Waals surface area contributed by atoms with Crippen molar-refractivity contribution in [3.63, 3.8) is 0 Å². The van der Waals surface area contributed by atoms with E-state index in [0.717, 1.165) is 0 Å². The van der Waals surface area contributed by atoms with Crippen LogP contribution < -0.4 is 0 Å². The molecule has 0 heterocycles. The van der Waals surface area contributed by atoms with Crippen molar-refractivity contribution < 1.29 is 0 Å². The summed E-state index contributed by atoms with van der Waals surface area (Å²) in [7, 11) is 0. The first-order chi connectivity index (χ1) is 15.1. The van der Waals surface area contributed by atoms with E-state index in [-0.39, 0.29) is 0 Å². The number of aryl methyl sites for hydroxylation is 3. The molecule has 0 heteroatoms. The molecule has 150 valence electrons. The Morgan fingerprint density at radius 1 is 0.452 bits per heavy atom. The average molecular weight is 399 g/mol. The standard InChI is InChI=1S/C31H26/c1-21-19-22(2)30(23(3)20-21)29-18-17-26(24-11-6-4-7-12-24)28-16-10-15-27(31(28)29)25-13-8-5-9-14-25/h4-20H,1-3H3. The molecule has 5 rings (SSSR count).